The number of aliphatic carboxylic acids is 1. The summed E-state index contributed by atoms with van der Waals surface area (Å²) in [7, 11) is 0. The van der Waals surface area contributed by atoms with Gasteiger partial charge in [0.15, 0.2) is 0 Å². The van der Waals surface area contributed by atoms with Crippen molar-refractivity contribution in [1.82, 2.24) is 0 Å². The molecule has 0 saturated carbocycles. The van der Waals surface area contributed by atoms with Crippen LogP contribution in [0.25, 0.3) is 0 Å². The molecule has 0 heterocycles. The zero-order chi connectivity index (χ0) is 20.3. The summed E-state index contributed by atoms with van der Waals surface area (Å²) in [4.78, 5) is 10.7. The van der Waals surface area contributed by atoms with Gasteiger partial charge in [0.2, 0.25) is 0 Å². The maximum absolute atomic E-state index is 12.6. The molecule has 0 radical (unpaired) electrons. The summed E-state index contributed by atoms with van der Waals surface area (Å²) >= 11 is 0. The van der Waals surface area contributed by atoms with E-state index in [1.807, 2.05) is 47.6 Å². The maximum atomic E-state index is 12.6. The van der Waals surface area contributed by atoms with Crippen LogP contribution in [-0.2, 0) is 4.79 Å². The predicted octanol–water partition coefficient (Wildman–Crippen LogP) is 7.56. The van der Waals surface area contributed by atoms with Gasteiger partial charge in [-0.15, -0.1) is 0 Å². The normalized spacial score (nSPS) is 10.1. The van der Waals surface area contributed by atoms with Crippen molar-refractivity contribution in [1.29, 1.82) is 0 Å². The molecule has 25 heavy (non-hydrogen) atoms. The highest BCUT2D eigenvalue weighted by atomic mass is 19.1. The Labute approximate surface area is 155 Å². The van der Waals surface area contributed by atoms with Crippen molar-refractivity contribution >= 4 is 5.97 Å². The number of rotatable bonds is 7. The molecule has 148 valence electrons. The quantitative estimate of drug-likeness (QED) is 0.512. The monoisotopic (exact) mass is 356 g/mol. The molecule has 2 nitrogen and oxygen atoms in total. The molecule has 0 aliphatic rings. The van der Waals surface area contributed by atoms with Crippen LogP contribution in [0.5, 0.6) is 0 Å². The lowest BCUT2D eigenvalue weighted by Crippen LogP contribution is -2.13. The van der Waals surface area contributed by atoms with Crippen LogP contribution in [0.3, 0.4) is 0 Å². The summed E-state index contributed by atoms with van der Waals surface area (Å²) in [5.41, 5.74) is 1.68. The fraction of sp³-hybridized carbons (Fsp3) is 0.682. The summed E-state index contributed by atoms with van der Waals surface area (Å²) in [6.07, 6.45) is 6.05. The van der Waals surface area contributed by atoms with Crippen LogP contribution >= 0.6 is 0 Å². The summed E-state index contributed by atoms with van der Waals surface area (Å²) in [5.74, 6) is -0.829. The largest absolute Gasteiger partial charge is 0.481 e. The molecule has 1 N–H and O–H groups in total. The highest BCUT2D eigenvalue weighted by molar-refractivity contribution is 5.69. The van der Waals surface area contributed by atoms with Gasteiger partial charge >= 0.3 is 5.97 Å². The lowest BCUT2D eigenvalue weighted by Gasteiger charge is -2.09. The fourth-order valence-electron chi connectivity index (χ4n) is 2.08. The minimum Gasteiger partial charge on any atom is -0.481 e. The van der Waals surface area contributed by atoms with Crippen LogP contribution < -0.4 is 0 Å². The molecule has 0 amide bonds. The third-order valence-electron chi connectivity index (χ3n) is 3.47. The molecule has 0 aromatic heterocycles. The van der Waals surface area contributed by atoms with Crippen LogP contribution in [0.2, 0.25) is 0 Å². The number of unbranched alkanes of at least 4 members (excludes halogenated alkanes) is 2. The number of hydrogen-bond acceptors (Lipinski definition) is 1. The molecule has 0 bridgehead atoms. The average Bonchev–Trinajstić information content (AvgIpc) is 2.62. The van der Waals surface area contributed by atoms with Gasteiger partial charge in [0.1, 0.15) is 5.82 Å². The number of benzene rings is 1. The lowest BCUT2D eigenvalue weighted by atomic mass is 9.97. The Bertz CT molecular complexity index is 416. The number of carboxylic acid groups (broad SMARTS) is 1. The van der Waals surface area contributed by atoms with E-state index in [4.69, 9.17) is 5.11 Å². The molecule has 1 aromatic carbocycles. The molecular formula is C22H41FO2. The molecule has 0 aliphatic heterocycles. The minimum absolute atomic E-state index is 0.0958. The molecule has 1 atom stereocenters. The van der Waals surface area contributed by atoms with Crippen molar-refractivity contribution in [2.24, 2.45) is 5.92 Å². The number of carbonyl (C=O) groups is 1. The molecule has 0 spiro atoms. The van der Waals surface area contributed by atoms with Gasteiger partial charge in [-0.1, -0.05) is 79.4 Å². The Kier molecular flexibility index (Phi) is 23.5. The van der Waals surface area contributed by atoms with Gasteiger partial charge in [0.25, 0.3) is 0 Å². The van der Waals surface area contributed by atoms with E-state index in [0.717, 1.165) is 37.7 Å². The molecule has 0 fully saturated rings. The molecule has 0 saturated heterocycles. The molecule has 1 aromatic rings. The van der Waals surface area contributed by atoms with Gasteiger partial charge in [-0.25, -0.2) is 4.39 Å². The standard InChI is InChI=1S/C10H20O2.C8H9F.2C2H6/c1-3-5-6-8-9(7-4-2)10(11)12;1-6-3-4-7(2)8(9)5-6;2*1-2/h9H,3-8H2,1-2H3,(H,11,12);3-5H,1-2H3;2*1-2H3. The summed E-state index contributed by atoms with van der Waals surface area (Å²) in [5, 5.41) is 8.80. The van der Waals surface area contributed by atoms with Crippen LogP contribution in [0.1, 0.15) is 91.2 Å². The van der Waals surface area contributed by atoms with Crippen LogP contribution in [0.4, 0.5) is 4.39 Å². The fourth-order valence-corrected chi connectivity index (χ4v) is 2.08. The first-order valence-corrected chi connectivity index (χ1v) is 9.87. The molecule has 0 aliphatic carbocycles. The highest BCUT2D eigenvalue weighted by Crippen LogP contribution is 2.15. The Morgan fingerprint density at radius 2 is 1.56 bits per heavy atom. The second-order valence-corrected chi connectivity index (χ2v) is 5.57. The SMILES string of the molecule is CC.CC.CCCCCC(CCC)C(=O)O.Cc1ccc(C)c(F)c1. The molecule has 1 unspecified atom stereocenters. The van der Waals surface area contributed by atoms with Crippen molar-refractivity contribution in [3.63, 3.8) is 0 Å². The number of aryl methyl sites for hydroxylation is 2. The molecule has 1 rings (SSSR count). The molecule has 3 heteroatoms. The minimum atomic E-state index is -0.618. The Balaban J connectivity index is -0.000000329. The van der Waals surface area contributed by atoms with Crippen molar-refractivity contribution in [3.05, 3.63) is 35.1 Å². The predicted molar refractivity (Wildman–Crippen MR) is 109 cm³/mol. The van der Waals surface area contributed by atoms with Crippen molar-refractivity contribution < 1.29 is 14.3 Å². The lowest BCUT2D eigenvalue weighted by molar-refractivity contribution is -0.142. The van der Waals surface area contributed by atoms with Gasteiger partial charge < -0.3 is 5.11 Å². The summed E-state index contributed by atoms with van der Waals surface area (Å²) in [6.45, 7) is 15.8. The summed E-state index contributed by atoms with van der Waals surface area (Å²) < 4.78 is 12.6. The number of hydrogen-bond donors (Lipinski definition) is 1. The first-order valence-electron chi connectivity index (χ1n) is 9.87. The second-order valence-electron chi connectivity index (χ2n) is 5.57. The average molecular weight is 357 g/mol. The third kappa shape index (κ3) is 17.2. The molecular weight excluding hydrogens is 315 g/mol. The van der Waals surface area contributed by atoms with Crippen LogP contribution in [0.15, 0.2) is 18.2 Å². The maximum Gasteiger partial charge on any atom is 0.306 e. The van der Waals surface area contributed by atoms with Gasteiger partial charge in [0.05, 0.1) is 5.92 Å². The zero-order valence-corrected chi connectivity index (χ0v) is 17.8. The van der Waals surface area contributed by atoms with Crippen LogP contribution in [-0.4, -0.2) is 11.1 Å². The topological polar surface area (TPSA) is 37.3 Å². The van der Waals surface area contributed by atoms with E-state index in [1.54, 1.807) is 13.0 Å². The number of carboxylic acids is 1. The summed E-state index contributed by atoms with van der Waals surface area (Å²) in [6, 6.07) is 5.22. The van der Waals surface area contributed by atoms with E-state index in [2.05, 4.69) is 6.92 Å². The number of halogens is 1. The second kappa shape index (κ2) is 20.7. The van der Waals surface area contributed by atoms with Crippen molar-refractivity contribution in [2.75, 3.05) is 0 Å². The van der Waals surface area contributed by atoms with Gasteiger partial charge in [0, 0.05) is 0 Å². The first-order chi connectivity index (χ1) is 11.9. The van der Waals surface area contributed by atoms with Gasteiger partial charge in [-0.05, 0) is 43.9 Å². The van der Waals surface area contributed by atoms with E-state index in [0.29, 0.717) is 5.56 Å². The van der Waals surface area contributed by atoms with E-state index in [1.165, 1.54) is 12.5 Å². The van der Waals surface area contributed by atoms with Crippen LogP contribution in [0, 0.1) is 25.6 Å². The third-order valence-corrected chi connectivity index (χ3v) is 3.47. The van der Waals surface area contributed by atoms with Crippen molar-refractivity contribution in [2.45, 2.75) is 93.9 Å². The Morgan fingerprint density at radius 1 is 1.00 bits per heavy atom. The Morgan fingerprint density at radius 3 is 1.92 bits per heavy atom. The van der Waals surface area contributed by atoms with Gasteiger partial charge in [-0.2, -0.15) is 0 Å². The smallest absolute Gasteiger partial charge is 0.306 e. The highest BCUT2D eigenvalue weighted by Gasteiger charge is 2.14. The Hall–Kier alpha value is -1.38. The first kappa shape index (κ1) is 28.4. The van der Waals surface area contributed by atoms with E-state index in [9.17, 15) is 9.18 Å². The van der Waals surface area contributed by atoms with E-state index >= 15 is 0 Å². The van der Waals surface area contributed by atoms with E-state index < -0.39 is 5.97 Å². The van der Waals surface area contributed by atoms with Crippen molar-refractivity contribution in [3.8, 4) is 0 Å². The van der Waals surface area contributed by atoms with Gasteiger partial charge in [-0.3, -0.25) is 4.79 Å². The van der Waals surface area contributed by atoms with E-state index in [-0.39, 0.29) is 11.7 Å². The zero-order valence-electron chi connectivity index (χ0n) is 17.8.